The van der Waals surface area contributed by atoms with E-state index in [1.54, 1.807) is 12.1 Å². The van der Waals surface area contributed by atoms with Gasteiger partial charge in [0.25, 0.3) is 0 Å². The van der Waals surface area contributed by atoms with Gasteiger partial charge in [-0.05, 0) is 37.1 Å². The Labute approximate surface area is 153 Å². The molecule has 0 saturated carbocycles. The molecular weight excluding hydrogens is 355 g/mol. The average molecular weight is 372 g/mol. The first-order valence-corrected chi connectivity index (χ1v) is 9.36. The highest BCUT2D eigenvalue weighted by molar-refractivity contribution is 7.19. The number of benzene rings is 1. The molecule has 134 valence electrons. The first-order valence-electron chi connectivity index (χ1n) is 8.54. The van der Waals surface area contributed by atoms with Crippen LogP contribution in [0.4, 0.5) is 10.2 Å². The van der Waals surface area contributed by atoms with Crippen LogP contribution in [0.5, 0.6) is 0 Å². The molecule has 4 rings (SSSR count). The zero-order chi connectivity index (χ0) is 18.1. The minimum absolute atomic E-state index is 0.0296. The summed E-state index contributed by atoms with van der Waals surface area (Å²) in [6.45, 7) is 1.75. The van der Waals surface area contributed by atoms with E-state index in [-0.39, 0.29) is 10.8 Å². The van der Waals surface area contributed by atoms with Gasteiger partial charge in [0, 0.05) is 18.7 Å². The number of carboxylic acid groups (broad SMARTS) is 1. The molecule has 1 fully saturated rings. The van der Waals surface area contributed by atoms with Gasteiger partial charge < -0.3 is 10.0 Å². The summed E-state index contributed by atoms with van der Waals surface area (Å²) in [5.74, 6) is -0.693. The molecular formula is C18H17FN4O2S. The Morgan fingerprint density at radius 3 is 2.38 bits per heavy atom. The van der Waals surface area contributed by atoms with Gasteiger partial charge in [-0.25, -0.2) is 24.1 Å². The molecule has 0 bridgehead atoms. The van der Waals surface area contributed by atoms with Crippen LogP contribution in [-0.2, 0) is 0 Å². The number of halogens is 1. The number of fused-ring (bicyclic) bond motifs is 1. The van der Waals surface area contributed by atoms with E-state index in [1.165, 1.54) is 25.0 Å². The van der Waals surface area contributed by atoms with Crippen LogP contribution >= 0.6 is 11.3 Å². The van der Waals surface area contributed by atoms with Crippen molar-refractivity contribution in [2.24, 2.45) is 0 Å². The van der Waals surface area contributed by atoms with Crippen molar-refractivity contribution in [1.29, 1.82) is 0 Å². The van der Waals surface area contributed by atoms with Crippen LogP contribution < -0.4 is 4.90 Å². The molecule has 1 aromatic carbocycles. The summed E-state index contributed by atoms with van der Waals surface area (Å²) in [7, 11) is 0. The highest BCUT2D eigenvalue weighted by atomic mass is 32.1. The first kappa shape index (κ1) is 16.8. The first-order chi connectivity index (χ1) is 12.6. The zero-order valence-corrected chi connectivity index (χ0v) is 14.8. The Bertz CT molecular complexity index is 950. The third-order valence-corrected chi connectivity index (χ3v) is 5.36. The fourth-order valence-electron chi connectivity index (χ4n) is 3.15. The van der Waals surface area contributed by atoms with E-state index in [4.69, 9.17) is 4.98 Å². The molecule has 0 unspecified atom stereocenters. The van der Waals surface area contributed by atoms with Crippen molar-refractivity contribution in [2.75, 3.05) is 18.0 Å². The third-order valence-electron chi connectivity index (χ3n) is 4.44. The smallest absolute Gasteiger partial charge is 0.365 e. The average Bonchev–Trinajstić information content (AvgIpc) is 2.87. The van der Waals surface area contributed by atoms with Crippen LogP contribution in [0.2, 0.25) is 0 Å². The second-order valence-electron chi connectivity index (χ2n) is 6.26. The van der Waals surface area contributed by atoms with Gasteiger partial charge in [0.1, 0.15) is 11.5 Å². The molecule has 1 N–H and O–H groups in total. The summed E-state index contributed by atoms with van der Waals surface area (Å²) in [4.78, 5) is 27.3. The zero-order valence-electron chi connectivity index (χ0n) is 14.0. The predicted octanol–water partition coefficient (Wildman–Crippen LogP) is 3.97. The summed E-state index contributed by atoms with van der Waals surface area (Å²) in [6.07, 6.45) is 4.51. The number of aromatic nitrogens is 3. The van der Waals surface area contributed by atoms with Gasteiger partial charge in [-0.2, -0.15) is 0 Å². The molecule has 1 saturated heterocycles. The SMILES string of the molecule is O=C(O)c1nc2nc(-c3ccc(F)cc3)c(N3CCCCCC3)nc2s1. The van der Waals surface area contributed by atoms with Crippen LogP contribution in [0.15, 0.2) is 24.3 Å². The van der Waals surface area contributed by atoms with Crippen LogP contribution in [0.25, 0.3) is 21.7 Å². The molecule has 0 aliphatic carbocycles. The van der Waals surface area contributed by atoms with E-state index >= 15 is 0 Å². The molecule has 1 aliphatic heterocycles. The Morgan fingerprint density at radius 2 is 1.73 bits per heavy atom. The van der Waals surface area contributed by atoms with Crippen molar-refractivity contribution in [3.8, 4) is 11.3 Å². The number of rotatable bonds is 3. The maximum atomic E-state index is 13.3. The van der Waals surface area contributed by atoms with Crippen LogP contribution in [-0.4, -0.2) is 39.1 Å². The molecule has 8 heteroatoms. The van der Waals surface area contributed by atoms with Gasteiger partial charge in [-0.1, -0.05) is 24.2 Å². The van der Waals surface area contributed by atoms with E-state index in [9.17, 15) is 14.3 Å². The summed E-state index contributed by atoms with van der Waals surface area (Å²) >= 11 is 1.02. The highest BCUT2D eigenvalue weighted by Crippen LogP contribution is 2.32. The Hall–Kier alpha value is -2.61. The molecule has 0 spiro atoms. The fraction of sp³-hybridized carbons (Fsp3) is 0.333. The molecule has 0 radical (unpaired) electrons. The summed E-state index contributed by atoms with van der Waals surface area (Å²) in [6, 6.07) is 6.10. The van der Waals surface area contributed by atoms with E-state index in [0.717, 1.165) is 42.8 Å². The predicted molar refractivity (Wildman–Crippen MR) is 98.2 cm³/mol. The Balaban J connectivity index is 1.88. The maximum absolute atomic E-state index is 13.3. The number of aromatic carboxylic acids is 1. The van der Waals surface area contributed by atoms with Gasteiger partial charge in [-0.3, -0.25) is 0 Å². The van der Waals surface area contributed by atoms with Gasteiger partial charge in [0.05, 0.1) is 0 Å². The number of carbonyl (C=O) groups is 1. The Kier molecular flexibility index (Phi) is 4.50. The quantitative estimate of drug-likeness (QED) is 0.749. The second-order valence-corrected chi connectivity index (χ2v) is 7.23. The van der Waals surface area contributed by atoms with Crippen molar-refractivity contribution >= 4 is 33.6 Å². The van der Waals surface area contributed by atoms with Crippen molar-refractivity contribution in [1.82, 2.24) is 15.0 Å². The number of hydrogen-bond donors (Lipinski definition) is 1. The monoisotopic (exact) mass is 372 g/mol. The lowest BCUT2D eigenvalue weighted by atomic mass is 10.1. The van der Waals surface area contributed by atoms with Gasteiger partial charge in [0.2, 0.25) is 5.01 Å². The highest BCUT2D eigenvalue weighted by Gasteiger charge is 2.21. The van der Waals surface area contributed by atoms with E-state index in [0.29, 0.717) is 22.0 Å². The van der Waals surface area contributed by atoms with Crippen molar-refractivity contribution in [3.63, 3.8) is 0 Å². The van der Waals surface area contributed by atoms with E-state index < -0.39 is 5.97 Å². The molecule has 0 atom stereocenters. The minimum Gasteiger partial charge on any atom is -0.476 e. The third kappa shape index (κ3) is 3.24. The lowest BCUT2D eigenvalue weighted by molar-refractivity contribution is 0.0696. The fourth-order valence-corrected chi connectivity index (χ4v) is 3.87. The molecule has 0 amide bonds. The minimum atomic E-state index is -1.09. The van der Waals surface area contributed by atoms with Crippen molar-refractivity contribution in [2.45, 2.75) is 25.7 Å². The van der Waals surface area contributed by atoms with E-state index in [2.05, 4.69) is 14.9 Å². The maximum Gasteiger partial charge on any atom is 0.365 e. The van der Waals surface area contributed by atoms with Crippen molar-refractivity contribution in [3.05, 3.63) is 35.1 Å². The number of nitrogens with zero attached hydrogens (tertiary/aromatic N) is 4. The number of anilines is 1. The summed E-state index contributed by atoms with van der Waals surface area (Å²) < 4.78 is 13.3. The molecule has 6 nitrogen and oxygen atoms in total. The topological polar surface area (TPSA) is 79.2 Å². The molecule has 3 aromatic rings. The second kappa shape index (κ2) is 6.95. The van der Waals surface area contributed by atoms with Gasteiger partial charge in [-0.15, -0.1) is 0 Å². The summed E-state index contributed by atoms with van der Waals surface area (Å²) in [5.41, 5.74) is 1.66. The Morgan fingerprint density at radius 1 is 1.04 bits per heavy atom. The molecule has 3 heterocycles. The lowest BCUT2D eigenvalue weighted by Gasteiger charge is -2.23. The molecule has 1 aliphatic rings. The standard InChI is InChI=1S/C18H17FN4O2S/c19-12-7-5-11(6-8-12)13-15(23-9-3-1-2-4-10-23)22-16-14(20-13)21-17(26-16)18(24)25/h5-8H,1-4,9-10H2,(H,24,25). The van der Waals surface area contributed by atoms with Gasteiger partial charge >= 0.3 is 5.97 Å². The number of thiazole rings is 1. The van der Waals surface area contributed by atoms with Crippen molar-refractivity contribution < 1.29 is 14.3 Å². The lowest BCUT2D eigenvalue weighted by Crippen LogP contribution is -2.26. The number of hydrogen-bond acceptors (Lipinski definition) is 6. The van der Waals surface area contributed by atoms with Crippen LogP contribution in [0.1, 0.15) is 35.5 Å². The van der Waals surface area contributed by atoms with Crippen LogP contribution in [0.3, 0.4) is 0 Å². The normalized spacial score (nSPS) is 15.2. The van der Waals surface area contributed by atoms with Gasteiger partial charge in [0.15, 0.2) is 16.3 Å². The van der Waals surface area contributed by atoms with E-state index in [1.807, 2.05) is 0 Å². The largest absolute Gasteiger partial charge is 0.476 e. The number of carboxylic acids is 1. The summed E-state index contributed by atoms with van der Waals surface area (Å²) in [5, 5.41) is 9.17. The molecule has 2 aromatic heterocycles. The van der Waals surface area contributed by atoms with Crippen LogP contribution in [0, 0.1) is 5.82 Å². The molecule has 26 heavy (non-hydrogen) atoms.